The van der Waals surface area contributed by atoms with Crippen LogP contribution in [0, 0.1) is 10.1 Å². The van der Waals surface area contributed by atoms with Crippen molar-refractivity contribution in [1.82, 2.24) is 0 Å². The number of esters is 1. The van der Waals surface area contributed by atoms with Gasteiger partial charge in [0.2, 0.25) is 0 Å². The maximum atomic E-state index is 12.4. The molecule has 2 aromatic rings. The van der Waals surface area contributed by atoms with E-state index in [1.54, 1.807) is 6.07 Å². The van der Waals surface area contributed by atoms with Crippen LogP contribution in [0.4, 0.5) is 11.4 Å². The third-order valence-corrected chi connectivity index (χ3v) is 4.76. The van der Waals surface area contributed by atoms with E-state index in [-0.39, 0.29) is 21.8 Å². The molecule has 26 heavy (non-hydrogen) atoms. The molecule has 1 aliphatic heterocycles. The molecule has 0 aromatic heterocycles. The number of nitro benzene ring substituents is 1. The molecule has 1 aliphatic rings. The van der Waals surface area contributed by atoms with E-state index in [1.807, 2.05) is 12.1 Å². The fourth-order valence-electron chi connectivity index (χ4n) is 3.36. The maximum Gasteiger partial charge on any atom is 0.345 e. The topological polar surface area (TPSA) is 81.5 Å². The van der Waals surface area contributed by atoms with Crippen LogP contribution < -0.4 is 10.1 Å². The van der Waals surface area contributed by atoms with Crippen LogP contribution in [0.5, 0.6) is 5.75 Å². The molecule has 7 heteroatoms. The van der Waals surface area contributed by atoms with Crippen molar-refractivity contribution in [3.63, 3.8) is 0 Å². The Bertz CT molecular complexity index is 895. The number of anilines is 1. The summed E-state index contributed by atoms with van der Waals surface area (Å²) in [5, 5.41) is 14.5. The molecule has 3 rings (SSSR count). The first kappa shape index (κ1) is 18.2. The van der Waals surface area contributed by atoms with E-state index in [4.69, 9.17) is 16.3 Å². The van der Waals surface area contributed by atoms with E-state index in [9.17, 15) is 14.9 Å². The molecule has 136 valence electrons. The van der Waals surface area contributed by atoms with E-state index >= 15 is 0 Å². The molecule has 1 atom stereocenters. The van der Waals surface area contributed by atoms with Crippen molar-refractivity contribution < 1.29 is 14.5 Å². The van der Waals surface area contributed by atoms with Crippen LogP contribution >= 0.6 is 11.6 Å². The Morgan fingerprint density at radius 3 is 2.73 bits per heavy atom. The molecule has 0 spiro atoms. The van der Waals surface area contributed by atoms with Gasteiger partial charge in [0.25, 0.3) is 5.69 Å². The zero-order valence-corrected chi connectivity index (χ0v) is 15.5. The Hall–Kier alpha value is -2.60. The van der Waals surface area contributed by atoms with Crippen LogP contribution in [0.2, 0.25) is 5.02 Å². The summed E-state index contributed by atoms with van der Waals surface area (Å²) in [4.78, 5) is 22.7. The Kier molecular flexibility index (Phi) is 4.63. The summed E-state index contributed by atoms with van der Waals surface area (Å²) < 4.78 is 5.41. The highest BCUT2D eigenvalue weighted by Gasteiger charge is 2.29. The summed E-state index contributed by atoms with van der Waals surface area (Å²) in [6.45, 7) is 6.42. The second-order valence-electron chi connectivity index (χ2n) is 7.17. The predicted octanol–water partition coefficient (Wildman–Crippen LogP) is 5.17. The number of benzene rings is 2. The first-order valence-corrected chi connectivity index (χ1v) is 8.62. The molecular formula is C19H19ClN2O4. The monoisotopic (exact) mass is 374 g/mol. The smallest absolute Gasteiger partial charge is 0.345 e. The lowest BCUT2D eigenvalue weighted by Crippen LogP contribution is -2.36. The predicted molar refractivity (Wildman–Crippen MR) is 100 cm³/mol. The molecule has 0 unspecified atom stereocenters. The van der Waals surface area contributed by atoms with Gasteiger partial charge >= 0.3 is 5.97 Å². The Morgan fingerprint density at radius 2 is 2.04 bits per heavy atom. The zero-order valence-electron chi connectivity index (χ0n) is 14.7. The summed E-state index contributed by atoms with van der Waals surface area (Å²) >= 11 is 6.00. The molecule has 0 saturated carbocycles. The number of nitrogens with one attached hydrogen (secondary N) is 1. The van der Waals surface area contributed by atoms with Gasteiger partial charge in [-0.15, -0.1) is 0 Å². The SMILES string of the molecule is C[C@H]1CC(C)(C)Nc2ccc(OC(=O)c3cc([N+](=O)[O-])ccc3Cl)cc21. The number of hydrogen-bond donors (Lipinski definition) is 1. The van der Waals surface area contributed by atoms with Gasteiger partial charge in [-0.3, -0.25) is 10.1 Å². The first-order valence-electron chi connectivity index (χ1n) is 8.24. The fourth-order valence-corrected chi connectivity index (χ4v) is 3.56. The number of nitro groups is 1. The normalized spacial score (nSPS) is 17.8. The Morgan fingerprint density at radius 1 is 1.31 bits per heavy atom. The third kappa shape index (κ3) is 3.65. The number of hydrogen-bond acceptors (Lipinski definition) is 5. The molecule has 0 saturated heterocycles. The molecule has 0 fully saturated rings. The fraction of sp³-hybridized carbons (Fsp3) is 0.316. The number of halogens is 1. The van der Waals surface area contributed by atoms with Gasteiger partial charge in [-0.1, -0.05) is 18.5 Å². The first-order chi connectivity index (χ1) is 12.2. The lowest BCUT2D eigenvalue weighted by Gasteiger charge is -2.37. The molecule has 6 nitrogen and oxygen atoms in total. The number of nitrogens with zero attached hydrogens (tertiary/aromatic N) is 1. The minimum Gasteiger partial charge on any atom is -0.423 e. The van der Waals surface area contributed by atoms with Gasteiger partial charge < -0.3 is 10.1 Å². The highest BCUT2D eigenvalue weighted by molar-refractivity contribution is 6.33. The number of fused-ring (bicyclic) bond motifs is 1. The van der Waals surface area contributed by atoms with Crippen LogP contribution in [0.3, 0.4) is 0 Å². The molecule has 0 bridgehead atoms. The highest BCUT2D eigenvalue weighted by Crippen LogP contribution is 2.40. The second kappa shape index (κ2) is 6.61. The van der Waals surface area contributed by atoms with Gasteiger partial charge in [0.15, 0.2) is 0 Å². The van der Waals surface area contributed by atoms with Gasteiger partial charge in [-0.2, -0.15) is 0 Å². The number of rotatable bonds is 3. The molecule has 2 aromatic carbocycles. The second-order valence-corrected chi connectivity index (χ2v) is 7.58. The van der Waals surface area contributed by atoms with Crippen molar-refractivity contribution in [1.29, 1.82) is 0 Å². The van der Waals surface area contributed by atoms with Gasteiger partial charge in [0, 0.05) is 23.4 Å². The third-order valence-electron chi connectivity index (χ3n) is 4.43. The van der Waals surface area contributed by atoms with Crippen LogP contribution in [0.25, 0.3) is 0 Å². The minimum absolute atomic E-state index is 0.00110. The van der Waals surface area contributed by atoms with Crippen LogP contribution in [0.1, 0.15) is 49.0 Å². The lowest BCUT2D eigenvalue weighted by atomic mass is 9.82. The van der Waals surface area contributed by atoms with Crippen LogP contribution in [0.15, 0.2) is 36.4 Å². The van der Waals surface area contributed by atoms with Crippen molar-refractivity contribution in [2.45, 2.75) is 38.6 Å². The van der Waals surface area contributed by atoms with Crippen LogP contribution in [-0.2, 0) is 0 Å². The Balaban J connectivity index is 1.86. The van der Waals surface area contributed by atoms with Crippen molar-refractivity contribution in [3.05, 3.63) is 62.7 Å². The molecule has 0 aliphatic carbocycles. The van der Waals surface area contributed by atoms with Crippen molar-refractivity contribution in [2.75, 3.05) is 5.32 Å². The van der Waals surface area contributed by atoms with Gasteiger partial charge in [-0.25, -0.2) is 4.79 Å². The van der Waals surface area contributed by atoms with E-state index in [0.717, 1.165) is 23.7 Å². The van der Waals surface area contributed by atoms with Crippen LogP contribution in [-0.4, -0.2) is 16.4 Å². The number of non-ortho nitro benzene ring substituents is 1. The molecular weight excluding hydrogens is 356 g/mol. The molecule has 1 N–H and O–H groups in total. The van der Waals surface area contributed by atoms with Gasteiger partial charge in [0.1, 0.15) is 5.75 Å². The maximum absolute atomic E-state index is 12.4. The van der Waals surface area contributed by atoms with Crippen molar-refractivity contribution >= 4 is 28.9 Å². The molecule has 0 amide bonds. The minimum atomic E-state index is -0.726. The zero-order chi connectivity index (χ0) is 19.1. The summed E-state index contributed by atoms with van der Waals surface area (Å²) in [7, 11) is 0. The number of carbonyl (C=O) groups excluding carboxylic acids is 1. The highest BCUT2D eigenvalue weighted by atomic mass is 35.5. The van der Waals surface area contributed by atoms with Crippen molar-refractivity contribution in [3.8, 4) is 5.75 Å². The summed E-state index contributed by atoms with van der Waals surface area (Å²) in [6, 6.07) is 9.08. The van der Waals surface area contributed by atoms with E-state index < -0.39 is 10.9 Å². The average molecular weight is 375 g/mol. The summed E-state index contributed by atoms with van der Waals surface area (Å²) in [5.41, 5.74) is 1.83. The Labute approximate surface area is 156 Å². The molecule has 1 heterocycles. The summed E-state index contributed by atoms with van der Waals surface area (Å²) in [6.07, 6.45) is 0.952. The largest absolute Gasteiger partial charge is 0.423 e. The van der Waals surface area contributed by atoms with Gasteiger partial charge in [-0.05, 0) is 56.0 Å². The number of ether oxygens (including phenoxy) is 1. The lowest BCUT2D eigenvalue weighted by molar-refractivity contribution is -0.384. The standard InChI is InChI=1S/C19H19ClN2O4/c1-11-10-19(2,3)21-17-7-5-13(9-14(11)17)26-18(23)15-8-12(22(24)25)4-6-16(15)20/h4-9,11,21H,10H2,1-3H3/t11-/m0/s1. The number of carbonyl (C=O) groups is 1. The van der Waals surface area contributed by atoms with E-state index in [2.05, 4.69) is 26.1 Å². The van der Waals surface area contributed by atoms with Crippen molar-refractivity contribution in [2.24, 2.45) is 0 Å². The average Bonchev–Trinajstić information content (AvgIpc) is 2.54. The van der Waals surface area contributed by atoms with E-state index in [1.165, 1.54) is 12.1 Å². The molecule has 0 radical (unpaired) electrons. The summed E-state index contributed by atoms with van der Waals surface area (Å²) in [5.74, 6) is -0.0404. The van der Waals surface area contributed by atoms with E-state index in [0.29, 0.717) is 11.7 Å². The van der Waals surface area contributed by atoms with Gasteiger partial charge in [0.05, 0.1) is 15.5 Å². The quantitative estimate of drug-likeness (QED) is 0.347.